The fourth-order valence-corrected chi connectivity index (χ4v) is 4.03. The van der Waals surface area contributed by atoms with Crippen molar-refractivity contribution in [3.63, 3.8) is 0 Å². The number of nitrogens with zero attached hydrogens (tertiary/aromatic N) is 6. The molecule has 15 heteroatoms. The van der Waals surface area contributed by atoms with E-state index in [1.54, 1.807) is 25.4 Å². The Morgan fingerprint density at radius 1 is 1.06 bits per heavy atom. The molecule has 4 heterocycles. The van der Waals surface area contributed by atoms with Crippen LogP contribution in [0.2, 0.25) is 5.02 Å². The molecule has 0 bridgehead atoms. The second-order valence-corrected chi connectivity index (χ2v) is 8.78. The third-order valence-corrected chi connectivity index (χ3v) is 6.23. The lowest BCUT2D eigenvalue weighted by Crippen LogP contribution is -2.25. The number of aliphatic hydroxyl groups excluding tert-OH is 1. The molecule has 4 rings (SSSR count). The number of carbonyl (C=O) groups excluding carboxylic acids is 1. The van der Waals surface area contributed by atoms with Gasteiger partial charge in [-0.1, -0.05) is 11.6 Å². The maximum Gasteiger partial charge on any atom is 0.418 e. The maximum atomic E-state index is 13.0. The SMILES string of the molecule is C[C@@H](NC(O)c1cc(-c2cncnc2)ncn1)c1ncc(C(=O)Nc2cc(C(F)(F)F)c(Cl)cn2)s1. The van der Waals surface area contributed by atoms with E-state index in [4.69, 9.17) is 11.6 Å². The van der Waals surface area contributed by atoms with E-state index in [9.17, 15) is 23.1 Å². The zero-order chi connectivity index (χ0) is 25.9. The Bertz CT molecular complexity index is 1370. The number of amides is 1. The number of halogens is 4. The molecule has 0 saturated carbocycles. The predicted octanol–water partition coefficient (Wildman–Crippen LogP) is 4.05. The fraction of sp³-hybridized carbons (Fsp3) is 0.190. The van der Waals surface area contributed by atoms with Gasteiger partial charge in [0.05, 0.1) is 34.2 Å². The fourth-order valence-electron chi connectivity index (χ4n) is 3.00. The monoisotopic (exact) mass is 536 g/mol. The Morgan fingerprint density at radius 3 is 2.53 bits per heavy atom. The molecule has 3 N–H and O–H groups in total. The second kappa shape index (κ2) is 10.6. The molecule has 4 aromatic rings. The number of aromatic nitrogens is 6. The summed E-state index contributed by atoms with van der Waals surface area (Å²) in [4.78, 5) is 36.6. The summed E-state index contributed by atoms with van der Waals surface area (Å²) in [6.07, 6.45) is 2.05. The number of nitrogens with one attached hydrogen (secondary N) is 2. The molecule has 10 nitrogen and oxygen atoms in total. The van der Waals surface area contributed by atoms with Crippen LogP contribution < -0.4 is 10.6 Å². The van der Waals surface area contributed by atoms with Crippen LogP contribution in [0.1, 0.15) is 45.1 Å². The number of hydrogen-bond acceptors (Lipinski definition) is 10. The quantitative estimate of drug-likeness (QED) is 0.298. The summed E-state index contributed by atoms with van der Waals surface area (Å²) in [7, 11) is 0. The van der Waals surface area contributed by atoms with Crippen LogP contribution >= 0.6 is 22.9 Å². The second-order valence-electron chi connectivity index (χ2n) is 7.31. The topological polar surface area (TPSA) is 139 Å². The first kappa shape index (κ1) is 25.5. The summed E-state index contributed by atoms with van der Waals surface area (Å²) in [5.74, 6) is -1.00. The van der Waals surface area contributed by atoms with E-state index < -0.39 is 34.9 Å². The number of thiazole rings is 1. The normalized spacial score (nSPS) is 13.3. The van der Waals surface area contributed by atoms with Crippen molar-refractivity contribution in [2.45, 2.75) is 25.4 Å². The largest absolute Gasteiger partial charge is 0.418 e. The van der Waals surface area contributed by atoms with Gasteiger partial charge in [0.1, 0.15) is 34.6 Å². The van der Waals surface area contributed by atoms with Crippen LogP contribution in [0.4, 0.5) is 19.0 Å². The van der Waals surface area contributed by atoms with Crippen LogP contribution in [-0.2, 0) is 6.18 Å². The summed E-state index contributed by atoms with van der Waals surface area (Å²) < 4.78 is 39.1. The minimum Gasteiger partial charge on any atom is -0.373 e. The van der Waals surface area contributed by atoms with Gasteiger partial charge in [-0.3, -0.25) is 10.1 Å². The van der Waals surface area contributed by atoms with Gasteiger partial charge >= 0.3 is 6.18 Å². The molecule has 0 aliphatic carbocycles. The Kier molecular flexibility index (Phi) is 7.49. The molecule has 0 aliphatic rings. The number of anilines is 1. The van der Waals surface area contributed by atoms with Gasteiger partial charge in [0.15, 0.2) is 0 Å². The molecule has 2 atom stereocenters. The summed E-state index contributed by atoms with van der Waals surface area (Å²) in [6, 6.07) is 1.73. The Morgan fingerprint density at radius 2 is 1.81 bits per heavy atom. The van der Waals surface area contributed by atoms with Crippen molar-refractivity contribution in [3.8, 4) is 11.3 Å². The standard InChI is InChI=1S/C21H16ClF3N8O2S/c1-10(32-18(34)15-3-14(30-9-31-15)11-4-26-8-27-5-11)20-29-7-16(36-20)19(35)33-17-2-12(21(23,24)25)13(22)6-28-17/h2-10,18,32,34H,1H3,(H,28,33,35)/t10-,18?/m1/s1. The number of aliphatic hydroxyl groups is 1. The summed E-state index contributed by atoms with van der Waals surface area (Å²) in [5, 5.41) is 15.7. The van der Waals surface area contributed by atoms with Gasteiger partial charge in [0.2, 0.25) is 0 Å². The zero-order valence-corrected chi connectivity index (χ0v) is 19.8. The molecule has 4 aromatic heterocycles. The van der Waals surface area contributed by atoms with E-state index in [1.165, 1.54) is 18.9 Å². The van der Waals surface area contributed by atoms with E-state index in [2.05, 4.69) is 40.5 Å². The van der Waals surface area contributed by atoms with E-state index in [1.807, 2.05) is 0 Å². The Hall–Kier alpha value is -3.59. The average Bonchev–Trinajstić information content (AvgIpc) is 3.36. The number of rotatable bonds is 7. The van der Waals surface area contributed by atoms with E-state index in [-0.39, 0.29) is 10.7 Å². The van der Waals surface area contributed by atoms with E-state index >= 15 is 0 Å². The molecule has 0 aromatic carbocycles. The highest BCUT2D eigenvalue weighted by Crippen LogP contribution is 2.35. The van der Waals surface area contributed by atoms with Crippen molar-refractivity contribution in [1.82, 2.24) is 35.2 Å². The van der Waals surface area contributed by atoms with Gasteiger partial charge in [0.25, 0.3) is 5.91 Å². The number of alkyl halides is 3. The lowest BCUT2D eigenvalue weighted by Gasteiger charge is -2.17. The highest BCUT2D eigenvalue weighted by Gasteiger charge is 2.34. The van der Waals surface area contributed by atoms with Crippen molar-refractivity contribution >= 4 is 34.7 Å². The summed E-state index contributed by atoms with van der Waals surface area (Å²) in [6.45, 7) is 1.72. The molecule has 0 radical (unpaired) electrons. The van der Waals surface area contributed by atoms with Crippen molar-refractivity contribution in [2.75, 3.05) is 5.32 Å². The minimum atomic E-state index is -4.70. The van der Waals surface area contributed by atoms with Crippen molar-refractivity contribution in [2.24, 2.45) is 0 Å². The zero-order valence-electron chi connectivity index (χ0n) is 18.2. The molecule has 0 saturated heterocycles. The predicted molar refractivity (Wildman–Crippen MR) is 124 cm³/mol. The van der Waals surface area contributed by atoms with Crippen LogP contribution in [0, 0.1) is 0 Å². The first-order chi connectivity index (χ1) is 17.1. The van der Waals surface area contributed by atoms with Crippen molar-refractivity contribution in [1.29, 1.82) is 0 Å². The van der Waals surface area contributed by atoms with Crippen LogP contribution in [0.15, 0.2) is 49.6 Å². The lowest BCUT2D eigenvalue weighted by molar-refractivity contribution is -0.137. The van der Waals surface area contributed by atoms with Crippen molar-refractivity contribution in [3.05, 3.63) is 75.7 Å². The van der Waals surface area contributed by atoms with Crippen LogP contribution in [-0.4, -0.2) is 40.9 Å². The summed E-state index contributed by atoms with van der Waals surface area (Å²) in [5.41, 5.74) is 0.347. The Balaban J connectivity index is 1.42. The summed E-state index contributed by atoms with van der Waals surface area (Å²) >= 11 is 6.55. The van der Waals surface area contributed by atoms with Crippen molar-refractivity contribution < 1.29 is 23.1 Å². The van der Waals surface area contributed by atoms with Gasteiger partial charge in [-0.15, -0.1) is 11.3 Å². The highest BCUT2D eigenvalue weighted by atomic mass is 35.5. The highest BCUT2D eigenvalue weighted by molar-refractivity contribution is 7.13. The first-order valence-electron chi connectivity index (χ1n) is 10.1. The molecule has 1 unspecified atom stereocenters. The van der Waals surface area contributed by atoms with Gasteiger partial charge in [-0.25, -0.2) is 29.9 Å². The van der Waals surface area contributed by atoms with Gasteiger partial charge in [-0.2, -0.15) is 13.2 Å². The van der Waals surface area contributed by atoms with Gasteiger partial charge < -0.3 is 10.4 Å². The number of carbonyl (C=O) groups is 1. The Labute approximate surface area is 210 Å². The van der Waals surface area contributed by atoms with Crippen LogP contribution in [0.25, 0.3) is 11.3 Å². The van der Waals surface area contributed by atoms with Crippen LogP contribution in [0.3, 0.4) is 0 Å². The molecule has 186 valence electrons. The maximum absolute atomic E-state index is 13.0. The number of hydrogen-bond donors (Lipinski definition) is 3. The molecular weight excluding hydrogens is 521 g/mol. The minimum absolute atomic E-state index is 0.131. The molecule has 0 spiro atoms. The van der Waals surface area contributed by atoms with Gasteiger partial charge in [-0.05, 0) is 19.1 Å². The lowest BCUT2D eigenvalue weighted by atomic mass is 10.2. The molecule has 0 fully saturated rings. The molecular formula is C21H16ClF3N8O2S. The molecule has 1 amide bonds. The van der Waals surface area contributed by atoms with E-state index in [0.29, 0.717) is 28.0 Å². The van der Waals surface area contributed by atoms with E-state index in [0.717, 1.165) is 17.5 Å². The third kappa shape index (κ3) is 5.96. The first-order valence-corrected chi connectivity index (χ1v) is 11.3. The number of pyridine rings is 1. The average molecular weight is 537 g/mol. The third-order valence-electron chi connectivity index (χ3n) is 4.75. The molecule has 0 aliphatic heterocycles. The van der Waals surface area contributed by atoms with Gasteiger partial charge in [0, 0.05) is 24.2 Å². The molecule has 36 heavy (non-hydrogen) atoms. The van der Waals surface area contributed by atoms with Crippen LogP contribution in [0.5, 0.6) is 0 Å². The smallest absolute Gasteiger partial charge is 0.373 e.